The fourth-order valence-corrected chi connectivity index (χ4v) is 2.81. The van der Waals surface area contributed by atoms with Crippen molar-refractivity contribution < 1.29 is 0 Å². The molecule has 14 heavy (non-hydrogen) atoms. The van der Waals surface area contributed by atoms with Gasteiger partial charge in [-0.1, -0.05) is 20.8 Å². The van der Waals surface area contributed by atoms with Crippen LogP contribution in [0.4, 0.5) is 0 Å². The van der Waals surface area contributed by atoms with Crippen molar-refractivity contribution in [1.29, 1.82) is 0 Å². The van der Waals surface area contributed by atoms with E-state index in [2.05, 4.69) is 31.4 Å². The Kier molecular flexibility index (Phi) is 3.13. The molecule has 2 saturated heterocycles. The summed E-state index contributed by atoms with van der Waals surface area (Å²) in [6, 6.07) is 0.797. The Bertz CT molecular complexity index is 187. The second kappa shape index (κ2) is 4.19. The minimum absolute atomic E-state index is 0.797. The largest absolute Gasteiger partial charge is 0.316 e. The van der Waals surface area contributed by atoms with Crippen molar-refractivity contribution in [3.8, 4) is 0 Å². The van der Waals surface area contributed by atoms with E-state index in [1.54, 1.807) is 0 Å². The first-order valence-electron chi connectivity index (χ1n) is 6.12. The van der Waals surface area contributed by atoms with Crippen LogP contribution in [-0.2, 0) is 0 Å². The molecule has 2 aliphatic heterocycles. The maximum atomic E-state index is 3.56. The van der Waals surface area contributed by atoms with Gasteiger partial charge in [-0.3, -0.25) is 0 Å². The normalized spacial score (nSPS) is 35.1. The summed E-state index contributed by atoms with van der Waals surface area (Å²) in [7, 11) is 0. The predicted molar refractivity (Wildman–Crippen MR) is 60.3 cm³/mol. The first-order chi connectivity index (χ1) is 6.68. The number of rotatable bonds is 4. The Morgan fingerprint density at radius 1 is 1.14 bits per heavy atom. The summed E-state index contributed by atoms with van der Waals surface area (Å²) in [5.41, 5.74) is 0. The Morgan fingerprint density at radius 3 is 2.21 bits per heavy atom. The van der Waals surface area contributed by atoms with Crippen molar-refractivity contribution in [3.05, 3.63) is 0 Å². The first-order valence-corrected chi connectivity index (χ1v) is 6.12. The van der Waals surface area contributed by atoms with Gasteiger partial charge in [-0.25, -0.2) is 0 Å². The van der Waals surface area contributed by atoms with Crippen LogP contribution >= 0.6 is 0 Å². The standard InChI is InChI=1S/C12H24N2/c1-8(2)12-10(7-14-12)4-9(3)11-5-13-6-11/h8-14H,4-7H2,1-3H3. The molecule has 0 aromatic carbocycles. The summed E-state index contributed by atoms with van der Waals surface area (Å²) >= 11 is 0. The third-order valence-electron chi connectivity index (χ3n) is 4.13. The molecule has 2 aliphatic rings. The average molecular weight is 196 g/mol. The van der Waals surface area contributed by atoms with Crippen LogP contribution in [0.15, 0.2) is 0 Å². The molecule has 0 aromatic rings. The highest BCUT2D eigenvalue weighted by Crippen LogP contribution is 2.30. The maximum Gasteiger partial charge on any atom is 0.0131 e. The Labute approximate surface area is 87.8 Å². The van der Waals surface area contributed by atoms with Crippen LogP contribution in [0.2, 0.25) is 0 Å². The quantitative estimate of drug-likeness (QED) is 0.711. The zero-order valence-electron chi connectivity index (χ0n) is 9.72. The molecule has 0 bridgehead atoms. The number of hydrogen-bond donors (Lipinski definition) is 2. The van der Waals surface area contributed by atoms with Crippen molar-refractivity contribution >= 4 is 0 Å². The van der Waals surface area contributed by atoms with Gasteiger partial charge >= 0.3 is 0 Å². The van der Waals surface area contributed by atoms with Gasteiger partial charge in [-0.2, -0.15) is 0 Å². The third-order valence-corrected chi connectivity index (χ3v) is 4.13. The van der Waals surface area contributed by atoms with Crippen molar-refractivity contribution in [2.75, 3.05) is 19.6 Å². The lowest BCUT2D eigenvalue weighted by Crippen LogP contribution is -2.57. The smallest absolute Gasteiger partial charge is 0.0131 e. The minimum atomic E-state index is 0.797. The molecule has 0 spiro atoms. The van der Waals surface area contributed by atoms with Gasteiger partial charge in [-0.15, -0.1) is 0 Å². The monoisotopic (exact) mass is 196 g/mol. The summed E-state index contributed by atoms with van der Waals surface area (Å²) < 4.78 is 0. The highest BCUT2D eigenvalue weighted by molar-refractivity contribution is 4.92. The van der Waals surface area contributed by atoms with Gasteiger partial charge in [0.05, 0.1) is 0 Å². The molecular formula is C12H24N2. The van der Waals surface area contributed by atoms with Gasteiger partial charge in [0.25, 0.3) is 0 Å². The third kappa shape index (κ3) is 1.96. The molecule has 0 aromatic heterocycles. The highest BCUT2D eigenvalue weighted by atomic mass is 15.0. The lowest BCUT2D eigenvalue weighted by molar-refractivity contribution is 0.120. The van der Waals surface area contributed by atoms with Gasteiger partial charge in [0.15, 0.2) is 0 Å². The molecular weight excluding hydrogens is 172 g/mol. The summed E-state index contributed by atoms with van der Waals surface area (Å²) in [5, 5.41) is 6.93. The lowest BCUT2D eigenvalue weighted by atomic mass is 9.74. The molecule has 2 nitrogen and oxygen atoms in total. The SMILES string of the molecule is CC(C)C1NCC1CC(C)C1CNC1. The van der Waals surface area contributed by atoms with Gasteiger partial charge in [-0.05, 0) is 49.7 Å². The van der Waals surface area contributed by atoms with E-state index in [0.717, 1.165) is 29.7 Å². The Morgan fingerprint density at radius 2 is 1.86 bits per heavy atom. The van der Waals surface area contributed by atoms with Crippen LogP contribution in [0.5, 0.6) is 0 Å². The summed E-state index contributed by atoms with van der Waals surface area (Å²) in [6.07, 6.45) is 1.43. The molecule has 0 saturated carbocycles. The Hall–Kier alpha value is -0.0800. The molecule has 2 heterocycles. The van der Waals surface area contributed by atoms with E-state index in [-0.39, 0.29) is 0 Å². The van der Waals surface area contributed by atoms with E-state index in [0.29, 0.717) is 0 Å². The average Bonchev–Trinajstić information content (AvgIpc) is 1.93. The number of nitrogens with one attached hydrogen (secondary N) is 2. The molecule has 2 rings (SSSR count). The van der Waals surface area contributed by atoms with Crippen LogP contribution in [0.25, 0.3) is 0 Å². The molecule has 0 radical (unpaired) electrons. The fourth-order valence-electron chi connectivity index (χ4n) is 2.81. The van der Waals surface area contributed by atoms with Crippen molar-refractivity contribution in [2.45, 2.75) is 33.2 Å². The second-order valence-corrected chi connectivity index (χ2v) is 5.57. The molecule has 3 atom stereocenters. The summed E-state index contributed by atoms with van der Waals surface area (Å²) in [6.45, 7) is 10.9. The zero-order valence-corrected chi connectivity index (χ0v) is 9.72. The van der Waals surface area contributed by atoms with Gasteiger partial charge in [0.1, 0.15) is 0 Å². The van der Waals surface area contributed by atoms with E-state index >= 15 is 0 Å². The predicted octanol–water partition coefficient (Wildman–Crippen LogP) is 1.48. The molecule has 3 unspecified atom stereocenters. The maximum absolute atomic E-state index is 3.56. The summed E-state index contributed by atoms with van der Waals surface area (Å²) in [4.78, 5) is 0. The van der Waals surface area contributed by atoms with E-state index in [1.807, 2.05) is 0 Å². The molecule has 2 heteroatoms. The van der Waals surface area contributed by atoms with Crippen LogP contribution in [0.3, 0.4) is 0 Å². The summed E-state index contributed by atoms with van der Waals surface area (Å²) in [5.74, 6) is 3.64. The van der Waals surface area contributed by atoms with E-state index in [4.69, 9.17) is 0 Å². The van der Waals surface area contributed by atoms with E-state index in [9.17, 15) is 0 Å². The molecule has 2 fully saturated rings. The van der Waals surface area contributed by atoms with Crippen LogP contribution < -0.4 is 10.6 Å². The lowest BCUT2D eigenvalue weighted by Gasteiger charge is -2.44. The Balaban J connectivity index is 1.74. The first kappa shape index (κ1) is 10.4. The van der Waals surface area contributed by atoms with E-state index < -0.39 is 0 Å². The van der Waals surface area contributed by atoms with Gasteiger partial charge in [0.2, 0.25) is 0 Å². The zero-order chi connectivity index (χ0) is 10.1. The number of hydrogen-bond acceptors (Lipinski definition) is 2. The minimum Gasteiger partial charge on any atom is -0.316 e. The second-order valence-electron chi connectivity index (χ2n) is 5.57. The fraction of sp³-hybridized carbons (Fsp3) is 1.00. The highest BCUT2D eigenvalue weighted by Gasteiger charge is 2.35. The van der Waals surface area contributed by atoms with Crippen molar-refractivity contribution in [2.24, 2.45) is 23.7 Å². The molecule has 82 valence electrons. The molecule has 0 amide bonds. The van der Waals surface area contributed by atoms with Gasteiger partial charge in [0, 0.05) is 6.04 Å². The van der Waals surface area contributed by atoms with Crippen molar-refractivity contribution in [1.82, 2.24) is 10.6 Å². The van der Waals surface area contributed by atoms with Gasteiger partial charge < -0.3 is 10.6 Å². The van der Waals surface area contributed by atoms with Crippen molar-refractivity contribution in [3.63, 3.8) is 0 Å². The van der Waals surface area contributed by atoms with Crippen LogP contribution in [0, 0.1) is 23.7 Å². The van der Waals surface area contributed by atoms with E-state index in [1.165, 1.54) is 26.1 Å². The molecule has 0 aliphatic carbocycles. The van der Waals surface area contributed by atoms with Crippen LogP contribution in [0.1, 0.15) is 27.2 Å². The topological polar surface area (TPSA) is 24.1 Å². The van der Waals surface area contributed by atoms with Crippen LogP contribution in [-0.4, -0.2) is 25.7 Å². The molecule has 2 N–H and O–H groups in total.